The van der Waals surface area contributed by atoms with Crippen molar-refractivity contribution < 1.29 is 4.74 Å². The summed E-state index contributed by atoms with van der Waals surface area (Å²) in [7, 11) is 3.98. The van der Waals surface area contributed by atoms with Crippen molar-refractivity contribution in [1.29, 1.82) is 0 Å². The van der Waals surface area contributed by atoms with Crippen LogP contribution < -0.4 is 5.32 Å². The molecule has 1 saturated heterocycles. The van der Waals surface area contributed by atoms with Gasteiger partial charge in [0, 0.05) is 19.7 Å². The zero-order valence-corrected chi connectivity index (χ0v) is 9.75. The maximum atomic E-state index is 5.22. The largest absolute Gasteiger partial charge is 0.380 e. The van der Waals surface area contributed by atoms with Crippen molar-refractivity contribution >= 4 is 0 Å². The van der Waals surface area contributed by atoms with Gasteiger partial charge in [-0.3, -0.25) is 0 Å². The maximum absolute atomic E-state index is 5.22. The lowest BCUT2D eigenvalue weighted by Gasteiger charge is -2.19. The van der Waals surface area contributed by atoms with Gasteiger partial charge in [0.05, 0.1) is 6.10 Å². The highest BCUT2D eigenvalue weighted by atomic mass is 16.5. The van der Waals surface area contributed by atoms with Crippen LogP contribution in [0.2, 0.25) is 0 Å². The van der Waals surface area contributed by atoms with E-state index < -0.39 is 0 Å². The summed E-state index contributed by atoms with van der Waals surface area (Å²) >= 11 is 0. The fraction of sp³-hybridized carbons (Fsp3) is 1.00. The smallest absolute Gasteiger partial charge is 0.0667 e. The van der Waals surface area contributed by atoms with Crippen molar-refractivity contribution in [2.24, 2.45) is 0 Å². The molecule has 1 fully saturated rings. The van der Waals surface area contributed by atoms with E-state index in [0.717, 1.165) is 6.54 Å². The SMILES string of the molecule is COC(C)CNC1CCCN(C)CC1. The van der Waals surface area contributed by atoms with Gasteiger partial charge in [-0.05, 0) is 46.3 Å². The third-order valence-corrected chi connectivity index (χ3v) is 3.05. The van der Waals surface area contributed by atoms with Crippen LogP contribution in [-0.2, 0) is 4.74 Å². The summed E-state index contributed by atoms with van der Waals surface area (Å²) < 4.78 is 5.22. The van der Waals surface area contributed by atoms with Gasteiger partial charge in [-0.1, -0.05) is 0 Å². The number of hydrogen-bond acceptors (Lipinski definition) is 3. The second-order valence-electron chi connectivity index (χ2n) is 4.39. The van der Waals surface area contributed by atoms with E-state index in [4.69, 9.17) is 4.74 Å². The average Bonchev–Trinajstić information content (AvgIpc) is 2.39. The Labute approximate surface area is 87.8 Å². The fourth-order valence-corrected chi connectivity index (χ4v) is 1.86. The predicted molar refractivity (Wildman–Crippen MR) is 59.6 cm³/mol. The minimum absolute atomic E-state index is 0.330. The minimum Gasteiger partial charge on any atom is -0.380 e. The van der Waals surface area contributed by atoms with Crippen LogP contribution in [0.3, 0.4) is 0 Å². The van der Waals surface area contributed by atoms with E-state index in [0.29, 0.717) is 12.1 Å². The van der Waals surface area contributed by atoms with Gasteiger partial charge in [-0.15, -0.1) is 0 Å². The first kappa shape index (κ1) is 12.0. The van der Waals surface area contributed by atoms with E-state index in [-0.39, 0.29) is 0 Å². The molecule has 0 aromatic heterocycles. The monoisotopic (exact) mass is 200 g/mol. The van der Waals surface area contributed by atoms with E-state index in [1.807, 2.05) is 0 Å². The highest BCUT2D eigenvalue weighted by Gasteiger charge is 2.14. The first-order chi connectivity index (χ1) is 6.72. The highest BCUT2D eigenvalue weighted by molar-refractivity contribution is 4.74. The number of methoxy groups -OCH3 is 1. The van der Waals surface area contributed by atoms with Gasteiger partial charge in [0.15, 0.2) is 0 Å². The molecule has 1 aliphatic rings. The lowest BCUT2D eigenvalue weighted by molar-refractivity contribution is 0.113. The summed E-state index contributed by atoms with van der Waals surface area (Å²) in [5.41, 5.74) is 0. The second kappa shape index (κ2) is 6.38. The Balaban J connectivity index is 2.17. The van der Waals surface area contributed by atoms with Crippen LogP contribution in [0.15, 0.2) is 0 Å². The molecule has 3 heteroatoms. The molecule has 0 aromatic carbocycles. The lowest BCUT2D eigenvalue weighted by Crippen LogP contribution is -2.35. The molecule has 0 aromatic rings. The number of likely N-dealkylation sites (tertiary alicyclic amines) is 1. The van der Waals surface area contributed by atoms with E-state index in [9.17, 15) is 0 Å². The third-order valence-electron chi connectivity index (χ3n) is 3.05. The molecule has 84 valence electrons. The first-order valence-electron chi connectivity index (χ1n) is 5.67. The lowest BCUT2D eigenvalue weighted by atomic mass is 10.1. The predicted octanol–water partition coefficient (Wildman–Crippen LogP) is 1.10. The standard InChI is InChI=1S/C11H24N2O/c1-10(14-3)9-12-11-5-4-7-13(2)8-6-11/h10-12H,4-9H2,1-3H3. The van der Waals surface area contributed by atoms with Crippen LogP contribution in [0.1, 0.15) is 26.2 Å². The van der Waals surface area contributed by atoms with Crippen molar-refractivity contribution in [3.05, 3.63) is 0 Å². The van der Waals surface area contributed by atoms with E-state index in [1.54, 1.807) is 7.11 Å². The number of ether oxygens (including phenoxy) is 1. The molecule has 0 radical (unpaired) electrons. The Bertz CT molecular complexity index is 152. The second-order valence-corrected chi connectivity index (χ2v) is 4.39. The van der Waals surface area contributed by atoms with Crippen LogP contribution in [0.4, 0.5) is 0 Å². The molecule has 1 N–H and O–H groups in total. The van der Waals surface area contributed by atoms with Gasteiger partial charge < -0.3 is 15.0 Å². The van der Waals surface area contributed by atoms with Gasteiger partial charge in [-0.2, -0.15) is 0 Å². The molecule has 0 spiro atoms. The van der Waals surface area contributed by atoms with Gasteiger partial charge in [0.25, 0.3) is 0 Å². The molecule has 0 bridgehead atoms. The summed E-state index contributed by atoms with van der Waals surface area (Å²) in [6.07, 6.45) is 4.22. The molecule has 1 aliphatic heterocycles. The Kier molecular flexibility index (Phi) is 5.45. The van der Waals surface area contributed by atoms with E-state index in [1.165, 1.54) is 32.4 Å². The zero-order chi connectivity index (χ0) is 10.4. The topological polar surface area (TPSA) is 24.5 Å². The van der Waals surface area contributed by atoms with Crippen molar-refractivity contribution in [2.75, 3.05) is 33.8 Å². The summed E-state index contributed by atoms with van der Waals surface area (Å²) in [5, 5.41) is 3.58. The fourth-order valence-electron chi connectivity index (χ4n) is 1.86. The first-order valence-corrected chi connectivity index (χ1v) is 5.67. The number of nitrogens with one attached hydrogen (secondary N) is 1. The van der Waals surface area contributed by atoms with Gasteiger partial charge in [0.2, 0.25) is 0 Å². The van der Waals surface area contributed by atoms with Crippen molar-refractivity contribution in [1.82, 2.24) is 10.2 Å². The summed E-state index contributed by atoms with van der Waals surface area (Å²) in [4.78, 5) is 2.42. The average molecular weight is 200 g/mol. The van der Waals surface area contributed by atoms with Crippen LogP contribution in [0.25, 0.3) is 0 Å². The van der Waals surface area contributed by atoms with Gasteiger partial charge in [0.1, 0.15) is 0 Å². The molecule has 2 unspecified atom stereocenters. The Morgan fingerprint density at radius 2 is 2.21 bits per heavy atom. The van der Waals surface area contributed by atoms with Crippen LogP contribution in [-0.4, -0.2) is 50.8 Å². The van der Waals surface area contributed by atoms with E-state index >= 15 is 0 Å². The Morgan fingerprint density at radius 1 is 1.43 bits per heavy atom. The summed E-state index contributed by atoms with van der Waals surface area (Å²) in [6, 6.07) is 0.692. The molecular weight excluding hydrogens is 176 g/mol. The minimum atomic E-state index is 0.330. The zero-order valence-electron chi connectivity index (χ0n) is 9.75. The molecule has 3 nitrogen and oxygen atoms in total. The van der Waals surface area contributed by atoms with Gasteiger partial charge in [-0.25, -0.2) is 0 Å². The maximum Gasteiger partial charge on any atom is 0.0667 e. The quantitative estimate of drug-likeness (QED) is 0.735. The van der Waals surface area contributed by atoms with E-state index in [2.05, 4.69) is 24.2 Å². The van der Waals surface area contributed by atoms with Gasteiger partial charge >= 0.3 is 0 Å². The Morgan fingerprint density at radius 3 is 2.93 bits per heavy atom. The highest BCUT2D eigenvalue weighted by Crippen LogP contribution is 2.09. The van der Waals surface area contributed by atoms with Crippen molar-refractivity contribution in [3.8, 4) is 0 Å². The molecule has 1 heterocycles. The molecule has 1 rings (SSSR count). The molecule has 0 aliphatic carbocycles. The summed E-state index contributed by atoms with van der Waals surface area (Å²) in [6.45, 7) is 5.55. The molecule has 0 saturated carbocycles. The third kappa shape index (κ3) is 4.40. The number of rotatable bonds is 4. The molecule has 2 atom stereocenters. The van der Waals surface area contributed by atoms with Crippen LogP contribution in [0, 0.1) is 0 Å². The normalized spacial score (nSPS) is 27.2. The van der Waals surface area contributed by atoms with Crippen LogP contribution >= 0.6 is 0 Å². The molecule has 0 amide bonds. The van der Waals surface area contributed by atoms with Crippen molar-refractivity contribution in [3.63, 3.8) is 0 Å². The number of nitrogens with zero attached hydrogens (tertiary/aromatic N) is 1. The Hall–Kier alpha value is -0.120. The number of hydrogen-bond donors (Lipinski definition) is 1. The van der Waals surface area contributed by atoms with Crippen molar-refractivity contribution in [2.45, 2.75) is 38.3 Å². The summed E-state index contributed by atoms with van der Waals surface area (Å²) in [5.74, 6) is 0. The molecular formula is C11H24N2O. The molecule has 14 heavy (non-hydrogen) atoms. The van der Waals surface area contributed by atoms with Crippen LogP contribution in [0.5, 0.6) is 0 Å².